The van der Waals surface area contributed by atoms with Crippen molar-refractivity contribution < 1.29 is 9.53 Å². The third-order valence-electron chi connectivity index (χ3n) is 2.36. The van der Waals surface area contributed by atoms with Crippen LogP contribution in [0.2, 0.25) is 0 Å². The molecule has 2 N–H and O–H groups in total. The number of thiophene rings is 1. The van der Waals surface area contributed by atoms with Crippen molar-refractivity contribution in [1.29, 1.82) is 0 Å². The molecule has 1 aromatic heterocycles. The number of urea groups is 1. The van der Waals surface area contributed by atoms with Gasteiger partial charge in [-0.05, 0) is 34.5 Å². The van der Waals surface area contributed by atoms with Crippen LogP contribution in [-0.2, 0) is 6.54 Å². The first-order chi connectivity index (χ1) is 8.78. The van der Waals surface area contributed by atoms with Gasteiger partial charge in [0.2, 0.25) is 0 Å². The van der Waals surface area contributed by atoms with Crippen LogP contribution in [0.4, 0.5) is 10.5 Å². The highest BCUT2D eigenvalue weighted by molar-refractivity contribution is 7.07. The van der Waals surface area contributed by atoms with Crippen molar-refractivity contribution in [1.82, 2.24) is 5.32 Å². The molecule has 0 saturated carbocycles. The van der Waals surface area contributed by atoms with E-state index in [-0.39, 0.29) is 6.03 Å². The van der Waals surface area contributed by atoms with E-state index in [4.69, 9.17) is 4.74 Å². The van der Waals surface area contributed by atoms with Gasteiger partial charge in [0.05, 0.1) is 7.11 Å². The Balaban J connectivity index is 1.86. The summed E-state index contributed by atoms with van der Waals surface area (Å²) in [7, 11) is 1.59. The van der Waals surface area contributed by atoms with E-state index in [0.717, 1.165) is 5.56 Å². The maximum atomic E-state index is 11.6. The molecule has 2 amide bonds. The van der Waals surface area contributed by atoms with E-state index in [0.29, 0.717) is 18.0 Å². The van der Waals surface area contributed by atoms with Crippen molar-refractivity contribution in [2.75, 3.05) is 12.4 Å². The number of rotatable bonds is 4. The van der Waals surface area contributed by atoms with Gasteiger partial charge in [-0.1, -0.05) is 6.07 Å². The molecule has 0 aliphatic carbocycles. The number of anilines is 1. The van der Waals surface area contributed by atoms with Crippen LogP contribution < -0.4 is 15.4 Å². The van der Waals surface area contributed by atoms with Gasteiger partial charge in [0.25, 0.3) is 0 Å². The Bertz CT molecular complexity index is 511. The summed E-state index contributed by atoms with van der Waals surface area (Å²) in [5.41, 5.74) is 1.80. The van der Waals surface area contributed by atoms with Crippen molar-refractivity contribution in [3.63, 3.8) is 0 Å². The molecule has 0 aliphatic heterocycles. The SMILES string of the molecule is COc1cccc(NC(=O)NCc2ccsc2)c1. The molecule has 4 nitrogen and oxygen atoms in total. The van der Waals surface area contributed by atoms with E-state index < -0.39 is 0 Å². The van der Waals surface area contributed by atoms with Crippen LogP contribution in [0.25, 0.3) is 0 Å². The van der Waals surface area contributed by atoms with Gasteiger partial charge in [-0.2, -0.15) is 11.3 Å². The van der Waals surface area contributed by atoms with Gasteiger partial charge in [0.15, 0.2) is 0 Å². The lowest BCUT2D eigenvalue weighted by Gasteiger charge is -2.08. The van der Waals surface area contributed by atoms with Crippen LogP contribution in [-0.4, -0.2) is 13.1 Å². The Hall–Kier alpha value is -2.01. The summed E-state index contributed by atoms with van der Waals surface area (Å²) in [6.07, 6.45) is 0. The Labute approximate surface area is 110 Å². The predicted octanol–water partition coefficient (Wildman–Crippen LogP) is 3.08. The van der Waals surface area contributed by atoms with Crippen LogP contribution in [0.1, 0.15) is 5.56 Å². The highest BCUT2D eigenvalue weighted by Crippen LogP contribution is 2.16. The molecule has 0 unspecified atom stereocenters. The van der Waals surface area contributed by atoms with Gasteiger partial charge in [-0.25, -0.2) is 4.79 Å². The van der Waals surface area contributed by atoms with Crippen molar-refractivity contribution in [2.24, 2.45) is 0 Å². The fourth-order valence-corrected chi connectivity index (χ4v) is 2.12. The molecule has 0 aliphatic rings. The normalized spacial score (nSPS) is 9.83. The van der Waals surface area contributed by atoms with E-state index in [1.54, 1.807) is 24.5 Å². The molecule has 1 heterocycles. The first-order valence-electron chi connectivity index (χ1n) is 5.48. The summed E-state index contributed by atoms with van der Waals surface area (Å²) in [4.78, 5) is 11.6. The Kier molecular flexibility index (Phi) is 4.20. The lowest BCUT2D eigenvalue weighted by molar-refractivity contribution is 0.252. The standard InChI is InChI=1S/C13H14N2O2S/c1-17-12-4-2-3-11(7-12)15-13(16)14-8-10-5-6-18-9-10/h2-7,9H,8H2,1H3,(H2,14,15,16). The van der Waals surface area contributed by atoms with E-state index >= 15 is 0 Å². The topological polar surface area (TPSA) is 50.4 Å². The second kappa shape index (κ2) is 6.07. The summed E-state index contributed by atoms with van der Waals surface area (Å²) in [5, 5.41) is 9.53. The molecule has 18 heavy (non-hydrogen) atoms. The number of benzene rings is 1. The van der Waals surface area contributed by atoms with Gasteiger partial charge in [-0.15, -0.1) is 0 Å². The largest absolute Gasteiger partial charge is 0.497 e. The van der Waals surface area contributed by atoms with Crippen LogP contribution in [0.3, 0.4) is 0 Å². The number of amides is 2. The molecule has 0 fully saturated rings. The van der Waals surface area contributed by atoms with Crippen LogP contribution >= 0.6 is 11.3 Å². The Morgan fingerprint density at radius 3 is 3.00 bits per heavy atom. The third-order valence-corrected chi connectivity index (χ3v) is 3.09. The fraction of sp³-hybridized carbons (Fsp3) is 0.154. The zero-order valence-corrected chi connectivity index (χ0v) is 10.8. The lowest BCUT2D eigenvalue weighted by atomic mass is 10.3. The molecular formula is C13H14N2O2S. The molecule has 0 spiro atoms. The second-order valence-electron chi connectivity index (χ2n) is 3.67. The first kappa shape index (κ1) is 12.4. The second-order valence-corrected chi connectivity index (χ2v) is 4.45. The minimum Gasteiger partial charge on any atom is -0.497 e. The maximum Gasteiger partial charge on any atom is 0.319 e. The summed E-state index contributed by atoms with van der Waals surface area (Å²) >= 11 is 1.61. The van der Waals surface area contributed by atoms with Crippen molar-refractivity contribution in [3.8, 4) is 5.75 Å². The van der Waals surface area contributed by atoms with E-state index in [2.05, 4.69) is 10.6 Å². The molecule has 0 bridgehead atoms. The van der Waals surface area contributed by atoms with E-state index in [1.807, 2.05) is 35.0 Å². The summed E-state index contributed by atoms with van der Waals surface area (Å²) < 4.78 is 5.08. The number of hydrogen-bond donors (Lipinski definition) is 2. The van der Waals surface area contributed by atoms with Crippen LogP contribution in [0.15, 0.2) is 41.1 Å². The van der Waals surface area contributed by atoms with Gasteiger partial charge < -0.3 is 15.4 Å². The minimum absolute atomic E-state index is 0.227. The van der Waals surface area contributed by atoms with E-state index in [1.165, 1.54) is 0 Å². The minimum atomic E-state index is -0.227. The molecular weight excluding hydrogens is 248 g/mol. The van der Waals surface area contributed by atoms with Gasteiger partial charge >= 0.3 is 6.03 Å². The number of hydrogen-bond acceptors (Lipinski definition) is 3. The fourth-order valence-electron chi connectivity index (χ4n) is 1.45. The van der Waals surface area contributed by atoms with Crippen LogP contribution in [0, 0.1) is 0 Å². The summed E-state index contributed by atoms with van der Waals surface area (Å²) in [6.45, 7) is 0.527. The summed E-state index contributed by atoms with van der Waals surface area (Å²) in [6, 6.07) is 8.99. The number of nitrogens with one attached hydrogen (secondary N) is 2. The lowest BCUT2D eigenvalue weighted by Crippen LogP contribution is -2.27. The first-order valence-corrected chi connectivity index (χ1v) is 6.42. The van der Waals surface area contributed by atoms with Crippen molar-refractivity contribution in [2.45, 2.75) is 6.54 Å². The number of carbonyl (C=O) groups is 1. The smallest absolute Gasteiger partial charge is 0.319 e. The molecule has 2 aromatic rings. The third kappa shape index (κ3) is 3.49. The van der Waals surface area contributed by atoms with E-state index in [9.17, 15) is 4.79 Å². The predicted molar refractivity (Wildman–Crippen MR) is 73.2 cm³/mol. The zero-order chi connectivity index (χ0) is 12.8. The number of methoxy groups -OCH3 is 1. The Morgan fingerprint density at radius 1 is 1.39 bits per heavy atom. The molecule has 94 valence electrons. The number of carbonyl (C=O) groups excluding carboxylic acids is 1. The van der Waals surface area contributed by atoms with Crippen molar-refractivity contribution >= 4 is 23.1 Å². The summed E-state index contributed by atoms with van der Waals surface area (Å²) in [5.74, 6) is 0.714. The number of ether oxygens (including phenoxy) is 1. The van der Waals surface area contributed by atoms with Crippen LogP contribution in [0.5, 0.6) is 5.75 Å². The molecule has 0 radical (unpaired) electrons. The maximum absolute atomic E-state index is 11.6. The molecule has 0 saturated heterocycles. The molecule has 2 rings (SSSR count). The van der Waals surface area contributed by atoms with Gasteiger partial charge in [0.1, 0.15) is 5.75 Å². The Morgan fingerprint density at radius 2 is 2.28 bits per heavy atom. The molecule has 5 heteroatoms. The van der Waals surface area contributed by atoms with Gasteiger partial charge in [0, 0.05) is 18.3 Å². The highest BCUT2D eigenvalue weighted by Gasteiger charge is 2.02. The average molecular weight is 262 g/mol. The zero-order valence-electron chi connectivity index (χ0n) is 9.97. The van der Waals surface area contributed by atoms with Crippen molar-refractivity contribution in [3.05, 3.63) is 46.7 Å². The molecule has 1 aromatic carbocycles. The average Bonchev–Trinajstić information content (AvgIpc) is 2.90. The monoisotopic (exact) mass is 262 g/mol. The quantitative estimate of drug-likeness (QED) is 0.889. The highest BCUT2D eigenvalue weighted by atomic mass is 32.1. The molecule has 0 atom stereocenters. The van der Waals surface area contributed by atoms with Gasteiger partial charge in [-0.3, -0.25) is 0 Å².